The van der Waals surface area contributed by atoms with Crippen LogP contribution in [0.4, 0.5) is 0 Å². The van der Waals surface area contributed by atoms with Crippen molar-refractivity contribution in [1.29, 1.82) is 0 Å². The van der Waals surface area contributed by atoms with Crippen molar-refractivity contribution >= 4 is 11.9 Å². The van der Waals surface area contributed by atoms with Crippen molar-refractivity contribution in [2.75, 3.05) is 13.2 Å². The summed E-state index contributed by atoms with van der Waals surface area (Å²) in [4.78, 5) is 24.6. The number of amides is 1. The molecule has 0 fully saturated rings. The minimum absolute atomic E-state index is 0.0178. The van der Waals surface area contributed by atoms with Gasteiger partial charge in [-0.3, -0.25) is 9.59 Å². The summed E-state index contributed by atoms with van der Waals surface area (Å²) in [6, 6.07) is -0.627. The molecule has 6 nitrogen and oxygen atoms in total. The minimum atomic E-state index is -0.844. The Labute approximate surface area is 495 Å². The molecule has 0 saturated heterocycles. The number of hydrogen-bond acceptors (Lipinski definition) is 5. The van der Waals surface area contributed by atoms with E-state index in [-0.39, 0.29) is 18.5 Å². The number of allylic oxidation sites excluding steroid dienone is 1. The first-order valence-corrected chi connectivity index (χ1v) is 36.5. The fraction of sp³-hybridized carbons (Fsp3) is 0.945. The van der Waals surface area contributed by atoms with E-state index in [4.69, 9.17) is 4.74 Å². The van der Waals surface area contributed by atoms with Gasteiger partial charge in [0.2, 0.25) is 5.91 Å². The van der Waals surface area contributed by atoms with Gasteiger partial charge in [-0.05, 0) is 32.1 Å². The van der Waals surface area contributed by atoms with Gasteiger partial charge in [0.05, 0.1) is 25.4 Å². The van der Waals surface area contributed by atoms with Gasteiger partial charge in [0.15, 0.2) is 0 Å². The van der Waals surface area contributed by atoms with Gasteiger partial charge >= 0.3 is 5.97 Å². The molecule has 79 heavy (non-hydrogen) atoms. The summed E-state index contributed by atoms with van der Waals surface area (Å²) < 4.78 is 5.48. The Bertz CT molecular complexity index is 1190. The second kappa shape index (κ2) is 69.1. The van der Waals surface area contributed by atoms with Crippen LogP contribution in [0.2, 0.25) is 0 Å². The molecule has 0 heterocycles. The number of hydrogen-bond donors (Lipinski definition) is 3. The third kappa shape index (κ3) is 65.6. The van der Waals surface area contributed by atoms with Crippen molar-refractivity contribution in [3.05, 3.63) is 12.2 Å². The zero-order valence-corrected chi connectivity index (χ0v) is 53.9. The first kappa shape index (κ1) is 77.6. The lowest BCUT2D eigenvalue weighted by Crippen LogP contribution is -2.45. The summed E-state index contributed by atoms with van der Waals surface area (Å²) in [5.41, 5.74) is 0. The Morgan fingerprint density at radius 3 is 0.861 bits per heavy atom. The van der Waals surface area contributed by atoms with E-state index in [0.717, 1.165) is 38.5 Å². The van der Waals surface area contributed by atoms with Gasteiger partial charge in [-0.15, -0.1) is 0 Å². The number of unbranched alkanes of at least 4 members (excludes halogenated alkanes) is 58. The van der Waals surface area contributed by atoms with E-state index in [1.807, 2.05) is 6.08 Å². The highest BCUT2D eigenvalue weighted by atomic mass is 16.5. The van der Waals surface area contributed by atoms with Crippen LogP contribution in [0.25, 0.3) is 0 Å². The minimum Gasteiger partial charge on any atom is -0.466 e. The van der Waals surface area contributed by atoms with Crippen molar-refractivity contribution in [2.24, 2.45) is 0 Å². The first-order chi connectivity index (χ1) is 39.0. The van der Waals surface area contributed by atoms with E-state index >= 15 is 0 Å². The van der Waals surface area contributed by atoms with E-state index in [0.29, 0.717) is 19.4 Å². The molecule has 0 aliphatic rings. The van der Waals surface area contributed by atoms with Crippen LogP contribution < -0.4 is 5.32 Å². The predicted molar refractivity (Wildman–Crippen MR) is 347 cm³/mol. The maximum Gasteiger partial charge on any atom is 0.305 e. The molecule has 2 atom stereocenters. The van der Waals surface area contributed by atoms with Gasteiger partial charge in [0.1, 0.15) is 0 Å². The van der Waals surface area contributed by atoms with Crippen LogP contribution in [0.5, 0.6) is 0 Å². The topological polar surface area (TPSA) is 95.9 Å². The van der Waals surface area contributed by atoms with Crippen molar-refractivity contribution in [2.45, 2.75) is 431 Å². The summed E-state index contributed by atoms with van der Waals surface area (Å²) in [6.07, 6.45) is 85.9. The summed E-state index contributed by atoms with van der Waals surface area (Å²) >= 11 is 0. The Morgan fingerprint density at radius 2 is 0.582 bits per heavy atom. The molecule has 0 spiro atoms. The molecule has 0 bridgehead atoms. The molecule has 470 valence electrons. The molecule has 0 aromatic rings. The molecule has 2 unspecified atom stereocenters. The lowest BCUT2D eigenvalue weighted by Gasteiger charge is -2.20. The van der Waals surface area contributed by atoms with Crippen LogP contribution >= 0.6 is 0 Å². The first-order valence-electron chi connectivity index (χ1n) is 36.5. The van der Waals surface area contributed by atoms with Crippen LogP contribution in [-0.2, 0) is 14.3 Å². The van der Waals surface area contributed by atoms with E-state index in [1.165, 1.54) is 353 Å². The van der Waals surface area contributed by atoms with Crippen molar-refractivity contribution in [3.63, 3.8) is 0 Å². The van der Waals surface area contributed by atoms with E-state index in [1.54, 1.807) is 6.08 Å². The number of carbonyl (C=O) groups excluding carboxylic acids is 2. The highest BCUT2D eigenvalue weighted by Crippen LogP contribution is 2.19. The molecule has 0 aromatic heterocycles. The molecule has 0 saturated carbocycles. The highest BCUT2D eigenvalue weighted by Gasteiger charge is 2.18. The van der Waals surface area contributed by atoms with Gasteiger partial charge in [0, 0.05) is 12.8 Å². The molecule has 1 amide bonds. The van der Waals surface area contributed by atoms with Gasteiger partial charge in [-0.1, -0.05) is 386 Å². The van der Waals surface area contributed by atoms with Crippen molar-refractivity contribution in [1.82, 2.24) is 5.32 Å². The van der Waals surface area contributed by atoms with E-state index in [9.17, 15) is 19.8 Å². The van der Waals surface area contributed by atoms with Gasteiger partial charge in [0.25, 0.3) is 0 Å². The SMILES string of the molecule is CCCCCCCCCCCCCCCCCCCCCCCCC/C=C/C(O)C(CO)NC(=O)CCCCCCCCCCCCCCCCCCCCCCCCCCCOC(=O)CCCCCCCCCCCCCC. The standard InChI is InChI=1S/C73H143NO5/c1-3-5-7-9-11-13-15-17-18-19-20-21-22-24-27-30-33-36-39-42-45-49-53-57-61-65-71(76)70(69-75)74-72(77)66-62-58-54-50-46-43-40-37-34-31-28-25-23-26-29-32-35-38-41-44-48-52-56-60-64-68-79-73(78)67-63-59-55-51-47-16-14-12-10-8-6-4-2/h61,65,70-71,75-76H,3-60,62-64,66-69H2,1-2H3,(H,74,77)/b65-61+. The highest BCUT2D eigenvalue weighted by molar-refractivity contribution is 5.76. The molecule has 0 aliphatic carbocycles. The number of carbonyl (C=O) groups is 2. The maximum absolute atomic E-state index is 12.5. The Balaban J connectivity index is 3.39. The predicted octanol–water partition coefficient (Wildman–Crippen LogP) is 23.5. The maximum atomic E-state index is 12.5. The van der Waals surface area contributed by atoms with Crippen LogP contribution in [0, 0.1) is 0 Å². The largest absolute Gasteiger partial charge is 0.466 e. The number of aliphatic hydroxyl groups excluding tert-OH is 2. The second-order valence-electron chi connectivity index (χ2n) is 25.3. The average Bonchev–Trinajstić information content (AvgIpc) is 3.45. The quantitative estimate of drug-likeness (QED) is 0.0320. The molecule has 6 heteroatoms. The molecule has 0 aliphatic heterocycles. The normalized spacial score (nSPS) is 12.5. The molecular weight excluding hydrogens is 971 g/mol. The third-order valence-electron chi connectivity index (χ3n) is 17.3. The average molecular weight is 1110 g/mol. The molecule has 0 rings (SSSR count). The third-order valence-corrected chi connectivity index (χ3v) is 17.3. The van der Waals surface area contributed by atoms with Crippen LogP contribution in [0.15, 0.2) is 12.2 Å². The van der Waals surface area contributed by atoms with Crippen molar-refractivity contribution in [3.8, 4) is 0 Å². The monoisotopic (exact) mass is 1110 g/mol. The fourth-order valence-electron chi connectivity index (χ4n) is 11.8. The van der Waals surface area contributed by atoms with Gasteiger partial charge in [-0.25, -0.2) is 0 Å². The Morgan fingerprint density at radius 1 is 0.342 bits per heavy atom. The lowest BCUT2D eigenvalue weighted by molar-refractivity contribution is -0.143. The lowest BCUT2D eigenvalue weighted by atomic mass is 10.0. The summed E-state index contributed by atoms with van der Waals surface area (Å²) in [7, 11) is 0. The number of nitrogens with one attached hydrogen (secondary N) is 1. The van der Waals surface area contributed by atoms with E-state index < -0.39 is 12.1 Å². The van der Waals surface area contributed by atoms with Crippen LogP contribution in [0.1, 0.15) is 418 Å². The van der Waals surface area contributed by atoms with Gasteiger partial charge in [-0.2, -0.15) is 0 Å². The molecule has 0 aromatic carbocycles. The Hall–Kier alpha value is -1.40. The summed E-state index contributed by atoms with van der Waals surface area (Å²) in [5.74, 6) is -0.0430. The number of aliphatic hydroxyl groups is 2. The molecular formula is C73H143NO5. The number of esters is 1. The number of ether oxygens (including phenoxy) is 1. The fourth-order valence-corrected chi connectivity index (χ4v) is 11.8. The second-order valence-corrected chi connectivity index (χ2v) is 25.3. The zero-order chi connectivity index (χ0) is 57.1. The summed E-state index contributed by atoms with van der Waals surface area (Å²) in [6.45, 7) is 4.95. The van der Waals surface area contributed by atoms with Crippen molar-refractivity contribution < 1.29 is 24.5 Å². The Kier molecular flexibility index (Phi) is 67.9. The van der Waals surface area contributed by atoms with Crippen LogP contribution in [-0.4, -0.2) is 47.4 Å². The van der Waals surface area contributed by atoms with E-state index in [2.05, 4.69) is 19.2 Å². The van der Waals surface area contributed by atoms with Crippen LogP contribution in [0.3, 0.4) is 0 Å². The molecule has 0 radical (unpaired) electrons. The smallest absolute Gasteiger partial charge is 0.305 e. The number of rotatable bonds is 69. The van der Waals surface area contributed by atoms with Gasteiger partial charge < -0.3 is 20.3 Å². The molecule has 3 N–H and O–H groups in total. The zero-order valence-electron chi connectivity index (χ0n) is 53.9. The summed E-state index contributed by atoms with van der Waals surface area (Å²) in [5, 5.41) is 23.3.